The summed E-state index contributed by atoms with van der Waals surface area (Å²) in [5, 5.41) is 6.75. The van der Waals surface area contributed by atoms with E-state index < -0.39 is 0 Å². The number of fused-ring (bicyclic) bond motifs is 1. The number of nitrogen functional groups attached to an aromatic ring is 1. The van der Waals surface area contributed by atoms with E-state index in [2.05, 4.69) is 15.1 Å². The number of aromatic nitrogens is 3. The highest BCUT2D eigenvalue weighted by molar-refractivity contribution is 7.71. The second-order valence-corrected chi connectivity index (χ2v) is 4.75. The summed E-state index contributed by atoms with van der Waals surface area (Å²) in [6.07, 6.45) is 3.70. The molecule has 2 fully saturated rings. The molecule has 0 saturated carbocycles. The van der Waals surface area contributed by atoms with Crippen LogP contribution in [0, 0.1) is 4.77 Å². The predicted molar refractivity (Wildman–Crippen MR) is 60.1 cm³/mol. The normalized spacial score (nSPS) is 30.9. The van der Waals surface area contributed by atoms with Gasteiger partial charge in [0.2, 0.25) is 5.95 Å². The Balaban J connectivity index is 1.98. The van der Waals surface area contributed by atoms with Crippen LogP contribution in [0.15, 0.2) is 0 Å². The fourth-order valence-electron chi connectivity index (χ4n) is 2.99. The van der Waals surface area contributed by atoms with Crippen LogP contribution in [0.2, 0.25) is 0 Å². The minimum atomic E-state index is 0.429. The van der Waals surface area contributed by atoms with Crippen LogP contribution >= 0.6 is 12.2 Å². The van der Waals surface area contributed by atoms with Gasteiger partial charge in [0.05, 0.1) is 6.04 Å². The van der Waals surface area contributed by atoms with Gasteiger partial charge in [-0.1, -0.05) is 0 Å². The SMILES string of the molecule is Nc1n[nH]c(=S)n1C1CCN2CCCC12. The lowest BCUT2D eigenvalue weighted by Gasteiger charge is -2.21. The highest BCUT2D eigenvalue weighted by Crippen LogP contribution is 2.36. The first kappa shape index (κ1) is 9.35. The summed E-state index contributed by atoms with van der Waals surface area (Å²) in [5.41, 5.74) is 5.84. The maximum atomic E-state index is 5.84. The summed E-state index contributed by atoms with van der Waals surface area (Å²) in [5.74, 6) is 0.527. The smallest absolute Gasteiger partial charge is 0.220 e. The molecule has 0 spiro atoms. The first-order valence-corrected chi connectivity index (χ1v) is 5.84. The number of nitrogens with one attached hydrogen (secondary N) is 1. The summed E-state index contributed by atoms with van der Waals surface area (Å²) >= 11 is 5.22. The van der Waals surface area contributed by atoms with E-state index >= 15 is 0 Å². The average Bonchev–Trinajstić information content (AvgIpc) is 2.84. The quantitative estimate of drug-likeness (QED) is 0.698. The van der Waals surface area contributed by atoms with Crippen LogP contribution in [0.4, 0.5) is 5.95 Å². The van der Waals surface area contributed by atoms with E-state index in [0.717, 1.165) is 6.42 Å². The first-order valence-electron chi connectivity index (χ1n) is 5.44. The molecular formula is C9H15N5S. The summed E-state index contributed by atoms with van der Waals surface area (Å²) in [6.45, 7) is 2.40. The van der Waals surface area contributed by atoms with Crippen LogP contribution in [0.25, 0.3) is 0 Å². The molecule has 0 bridgehead atoms. The van der Waals surface area contributed by atoms with Gasteiger partial charge in [0.1, 0.15) is 0 Å². The van der Waals surface area contributed by atoms with Crippen LogP contribution in [0.5, 0.6) is 0 Å². The lowest BCUT2D eigenvalue weighted by molar-refractivity contribution is 0.290. The van der Waals surface area contributed by atoms with Gasteiger partial charge in [-0.3, -0.25) is 9.47 Å². The molecule has 2 unspecified atom stereocenters. The second kappa shape index (κ2) is 3.31. The Labute approximate surface area is 93.3 Å². The Morgan fingerprint density at radius 2 is 2.20 bits per heavy atom. The number of H-pyrrole nitrogens is 1. The molecule has 1 aromatic rings. The van der Waals surface area contributed by atoms with Crippen molar-refractivity contribution in [2.24, 2.45) is 0 Å². The molecule has 0 aliphatic carbocycles. The summed E-state index contributed by atoms with van der Waals surface area (Å²) < 4.78 is 2.65. The molecule has 1 aromatic heterocycles. The van der Waals surface area contributed by atoms with E-state index in [1.807, 2.05) is 4.57 Å². The molecule has 3 N–H and O–H groups in total. The monoisotopic (exact) mass is 225 g/mol. The molecule has 0 amide bonds. The number of aromatic amines is 1. The molecule has 15 heavy (non-hydrogen) atoms. The lowest BCUT2D eigenvalue weighted by atomic mass is 10.1. The minimum absolute atomic E-state index is 0.429. The summed E-state index contributed by atoms with van der Waals surface area (Å²) in [7, 11) is 0. The zero-order chi connectivity index (χ0) is 10.4. The molecule has 2 aliphatic heterocycles. The molecule has 82 valence electrons. The van der Waals surface area contributed by atoms with E-state index in [1.54, 1.807) is 0 Å². The third-order valence-electron chi connectivity index (χ3n) is 3.63. The molecule has 6 heteroatoms. The van der Waals surface area contributed by atoms with Crippen LogP contribution < -0.4 is 5.73 Å². The molecule has 2 saturated heterocycles. The van der Waals surface area contributed by atoms with Crippen molar-refractivity contribution in [2.75, 3.05) is 18.8 Å². The Kier molecular flexibility index (Phi) is 2.07. The molecule has 2 atom stereocenters. The lowest BCUT2D eigenvalue weighted by Crippen LogP contribution is -2.28. The van der Waals surface area contributed by atoms with Gasteiger partial charge in [0.15, 0.2) is 4.77 Å². The van der Waals surface area contributed by atoms with Gasteiger partial charge >= 0.3 is 0 Å². The number of rotatable bonds is 1. The van der Waals surface area contributed by atoms with Gasteiger partial charge < -0.3 is 5.73 Å². The van der Waals surface area contributed by atoms with Gasteiger partial charge in [-0.25, -0.2) is 5.10 Å². The van der Waals surface area contributed by atoms with Crippen molar-refractivity contribution in [3.8, 4) is 0 Å². The molecule has 5 nitrogen and oxygen atoms in total. The van der Waals surface area contributed by atoms with Gasteiger partial charge in [-0.2, -0.15) is 0 Å². The molecule has 3 heterocycles. The van der Waals surface area contributed by atoms with Gasteiger partial charge in [-0.15, -0.1) is 5.10 Å². The Morgan fingerprint density at radius 1 is 1.33 bits per heavy atom. The van der Waals surface area contributed by atoms with Crippen molar-refractivity contribution in [3.63, 3.8) is 0 Å². The maximum Gasteiger partial charge on any atom is 0.220 e. The highest BCUT2D eigenvalue weighted by Gasteiger charge is 2.39. The van der Waals surface area contributed by atoms with Gasteiger partial charge in [0, 0.05) is 12.6 Å². The van der Waals surface area contributed by atoms with Crippen molar-refractivity contribution >= 4 is 18.2 Å². The van der Waals surface area contributed by atoms with Crippen molar-refractivity contribution in [3.05, 3.63) is 4.77 Å². The summed E-state index contributed by atoms with van der Waals surface area (Å²) in [4.78, 5) is 2.54. The van der Waals surface area contributed by atoms with Crippen LogP contribution in [0.3, 0.4) is 0 Å². The maximum absolute atomic E-state index is 5.84. The van der Waals surface area contributed by atoms with E-state index in [9.17, 15) is 0 Å². The van der Waals surface area contributed by atoms with E-state index in [-0.39, 0.29) is 0 Å². The zero-order valence-electron chi connectivity index (χ0n) is 8.52. The second-order valence-electron chi connectivity index (χ2n) is 4.36. The number of nitrogens with zero attached hydrogens (tertiary/aromatic N) is 3. The largest absolute Gasteiger partial charge is 0.368 e. The van der Waals surface area contributed by atoms with E-state index in [4.69, 9.17) is 18.0 Å². The van der Waals surface area contributed by atoms with Crippen LogP contribution in [-0.2, 0) is 0 Å². The molecular weight excluding hydrogens is 210 g/mol. The van der Waals surface area contributed by atoms with E-state index in [1.165, 1.54) is 25.9 Å². The zero-order valence-corrected chi connectivity index (χ0v) is 9.33. The van der Waals surface area contributed by atoms with Crippen LogP contribution in [0.1, 0.15) is 25.3 Å². The minimum Gasteiger partial charge on any atom is -0.368 e. The number of anilines is 1. The third kappa shape index (κ3) is 1.32. The topological polar surface area (TPSA) is 62.9 Å². The molecule has 3 rings (SSSR count). The van der Waals surface area contributed by atoms with Crippen molar-refractivity contribution < 1.29 is 0 Å². The van der Waals surface area contributed by atoms with Crippen molar-refractivity contribution in [1.82, 2.24) is 19.7 Å². The fraction of sp³-hybridized carbons (Fsp3) is 0.778. The van der Waals surface area contributed by atoms with Gasteiger partial charge in [-0.05, 0) is 38.0 Å². The van der Waals surface area contributed by atoms with Crippen molar-refractivity contribution in [1.29, 1.82) is 0 Å². The predicted octanol–water partition coefficient (Wildman–Crippen LogP) is 0.932. The standard InChI is InChI=1S/C9H15N5S/c10-8-11-12-9(15)14(8)7-3-5-13-4-1-2-6(7)13/h6-7H,1-5H2,(H2,10,11)(H,12,15). The average molecular weight is 225 g/mol. The Morgan fingerprint density at radius 3 is 2.93 bits per heavy atom. The van der Waals surface area contributed by atoms with Gasteiger partial charge in [0.25, 0.3) is 0 Å². The number of hydrogen-bond donors (Lipinski definition) is 2. The number of hydrogen-bond acceptors (Lipinski definition) is 4. The highest BCUT2D eigenvalue weighted by atomic mass is 32.1. The molecule has 0 radical (unpaired) electrons. The third-order valence-corrected chi connectivity index (χ3v) is 3.92. The Hall–Kier alpha value is -0.880. The molecule has 0 aromatic carbocycles. The van der Waals surface area contributed by atoms with E-state index in [0.29, 0.717) is 22.8 Å². The van der Waals surface area contributed by atoms with Crippen LogP contribution in [-0.4, -0.2) is 38.8 Å². The number of nitrogens with two attached hydrogens (primary N) is 1. The summed E-state index contributed by atoms with van der Waals surface area (Å²) in [6, 6.07) is 1.05. The Bertz CT molecular complexity index is 422. The first-order chi connectivity index (χ1) is 7.27. The fourth-order valence-corrected chi connectivity index (χ4v) is 3.27. The van der Waals surface area contributed by atoms with Crippen molar-refractivity contribution in [2.45, 2.75) is 31.3 Å². The molecule has 2 aliphatic rings.